The van der Waals surface area contributed by atoms with Crippen LogP contribution in [0, 0.1) is 0 Å². The van der Waals surface area contributed by atoms with Crippen molar-refractivity contribution in [3.8, 4) is 0 Å². The van der Waals surface area contributed by atoms with Gasteiger partial charge in [-0.25, -0.2) is 13.1 Å². The van der Waals surface area contributed by atoms with Crippen molar-refractivity contribution in [2.75, 3.05) is 20.3 Å². The molecular weight excluding hydrogens is 278 g/mol. The lowest BCUT2D eigenvalue weighted by Crippen LogP contribution is -2.25. The van der Waals surface area contributed by atoms with Crippen LogP contribution >= 0.6 is 0 Å². The molecule has 7 heteroatoms. The molecule has 0 unspecified atom stereocenters. The Labute approximate surface area is 121 Å². The maximum absolute atomic E-state index is 12.1. The van der Waals surface area contributed by atoms with Gasteiger partial charge in [0.2, 0.25) is 10.0 Å². The SMILES string of the molecule is COCCCNS(=O)(=O)c1cc(CNC(C)C)n(C)c1. The Morgan fingerprint density at radius 3 is 2.70 bits per heavy atom. The van der Waals surface area contributed by atoms with E-state index < -0.39 is 10.0 Å². The molecule has 0 atom stereocenters. The summed E-state index contributed by atoms with van der Waals surface area (Å²) in [6.45, 7) is 5.68. The summed E-state index contributed by atoms with van der Waals surface area (Å²) in [7, 11) is 0.0103. The van der Waals surface area contributed by atoms with Crippen molar-refractivity contribution in [1.82, 2.24) is 14.6 Å². The van der Waals surface area contributed by atoms with Crippen LogP contribution in [0.1, 0.15) is 26.0 Å². The quantitative estimate of drug-likeness (QED) is 0.663. The summed E-state index contributed by atoms with van der Waals surface area (Å²) in [6, 6.07) is 2.06. The first kappa shape index (κ1) is 17.2. The van der Waals surface area contributed by atoms with E-state index in [9.17, 15) is 8.42 Å². The van der Waals surface area contributed by atoms with Crippen molar-refractivity contribution < 1.29 is 13.2 Å². The summed E-state index contributed by atoms with van der Waals surface area (Å²) in [5.74, 6) is 0. The van der Waals surface area contributed by atoms with Crippen LogP contribution in [0.3, 0.4) is 0 Å². The predicted molar refractivity (Wildman–Crippen MR) is 79.1 cm³/mol. The molecule has 0 aliphatic heterocycles. The first-order chi connectivity index (χ1) is 9.36. The molecule has 0 fully saturated rings. The van der Waals surface area contributed by atoms with Crippen LogP contribution in [-0.2, 0) is 28.4 Å². The van der Waals surface area contributed by atoms with E-state index in [1.807, 2.05) is 11.6 Å². The Morgan fingerprint density at radius 2 is 2.10 bits per heavy atom. The number of sulfonamides is 1. The molecule has 0 aliphatic rings. The van der Waals surface area contributed by atoms with Gasteiger partial charge in [0.05, 0.1) is 4.90 Å². The first-order valence-corrected chi connectivity index (χ1v) is 8.22. The number of methoxy groups -OCH3 is 1. The van der Waals surface area contributed by atoms with Crippen molar-refractivity contribution in [3.63, 3.8) is 0 Å². The van der Waals surface area contributed by atoms with Crippen molar-refractivity contribution in [1.29, 1.82) is 0 Å². The van der Waals surface area contributed by atoms with Gasteiger partial charge in [0.1, 0.15) is 0 Å². The highest BCUT2D eigenvalue weighted by molar-refractivity contribution is 7.89. The zero-order valence-corrected chi connectivity index (χ0v) is 13.5. The number of rotatable bonds is 9. The van der Waals surface area contributed by atoms with Gasteiger partial charge in [-0.1, -0.05) is 13.8 Å². The zero-order valence-electron chi connectivity index (χ0n) is 12.6. The van der Waals surface area contributed by atoms with Gasteiger partial charge in [-0.05, 0) is 12.5 Å². The predicted octanol–water partition coefficient (Wildman–Crippen LogP) is 0.838. The molecule has 1 heterocycles. The highest BCUT2D eigenvalue weighted by Gasteiger charge is 2.16. The van der Waals surface area contributed by atoms with Gasteiger partial charge in [-0.15, -0.1) is 0 Å². The number of aryl methyl sites for hydroxylation is 1. The van der Waals surface area contributed by atoms with Crippen LogP contribution in [-0.4, -0.2) is 39.3 Å². The number of ether oxygens (including phenoxy) is 1. The second-order valence-corrected chi connectivity index (χ2v) is 6.82. The summed E-state index contributed by atoms with van der Waals surface area (Å²) < 4.78 is 33.5. The van der Waals surface area contributed by atoms with Gasteiger partial charge in [-0.2, -0.15) is 0 Å². The van der Waals surface area contributed by atoms with E-state index in [2.05, 4.69) is 23.9 Å². The van der Waals surface area contributed by atoms with Gasteiger partial charge >= 0.3 is 0 Å². The summed E-state index contributed by atoms with van der Waals surface area (Å²) >= 11 is 0. The van der Waals surface area contributed by atoms with E-state index in [1.165, 1.54) is 0 Å². The lowest BCUT2D eigenvalue weighted by molar-refractivity contribution is 0.196. The summed E-state index contributed by atoms with van der Waals surface area (Å²) in [6.07, 6.45) is 2.29. The van der Waals surface area contributed by atoms with E-state index in [0.717, 1.165) is 5.69 Å². The number of nitrogens with one attached hydrogen (secondary N) is 2. The highest BCUT2D eigenvalue weighted by Crippen LogP contribution is 2.13. The molecule has 0 spiro atoms. The Balaban J connectivity index is 2.68. The number of hydrogen-bond donors (Lipinski definition) is 2. The van der Waals surface area contributed by atoms with Crippen molar-refractivity contribution in [2.45, 2.75) is 37.8 Å². The van der Waals surface area contributed by atoms with Crippen LogP contribution in [0.4, 0.5) is 0 Å². The van der Waals surface area contributed by atoms with Gasteiger partial charge in [0.25, 0.3) is 0 Å². The minimum atomic E-state index is -3.44. The fraction of sp³-hybridized carbons (Fsp3) is 0.692. The van der Waals surface area contributed by atoms with E-state index >= 15 is 0 Å². The fourth-order valence-corrected chi connectivity index (χ4v) is 2.88. The molecule has 0 saturated heterocycles. The monoisotopic (exact) mass is 303 g/mol. The maximum Gasteiger partial charge on any atom is 0.242 e. The molecule has 1 aromatic heterocycles. The molecule has 1 rings (SSSR count). The van der Waals surface area contributed by atoms with Gasteiger partial charge < -0.3 is 14.6 Å². The molecule has 0 aliphatic carbocycles. The molecule has 2 N–H and O–H groups in total. The van der Waals surface area contributed by atoms with E-state index in [-0.39, 0.29) is 0 Å². The minimum Gasteiger partial charge on any atom is -0.385 e. The third-order valence-corrected chi connectivity index (χ3v) is 4.33. The minimum absolute atomic E-state index is 0.304. The molecule has 20 heavy (non-hydrogen) atoms. The molecule has 0 saturated carbocycles. The fourth-order valence-electron chi connectivity index (χ4n) is 1.71. The Kier molecular flexibility index (Phi) is 6.67. The highest BCUT2D eigenvalue weighted by atomic mass is 32.2. The molecule has 0 amide bonds. The summed E-state index contributed by atoms with van der Waals surface area (Å²) in [5, 5.41) is 3.27. The average Bonchev–Trinajstić information content (AvgIpc) is 2.74. The van der Waals surface area contributed by atoms with E-state index in [4.69, 9.17) is 4.74 Å². The van der Waals surface area contributed by atoms with Crippen molar-refractivity contribution in [3.05, 3.63) is 18.0 Å². The summed E-state index contributed by atoms with van der Waals surface area (Å²) in [5.41, 5.74) is 0.941. The van der Waals surface area contributed by atoms with Crippen LogP contribution < -0.4 is 10.0 Å². The van der Waals surface area contributed by atoms with Crippen molar-refractivity contribution >= 4 is 10.0 Å². The first-order valence-electron chi connectivity index (χ1n) is 6.74. The van der Waals surface area contributed by atoms with Crippen LogP contribution in [0.5, 0.6) is 0 Å². The largest absolute Gasteiger partial charge is 0.385 e. The lowest BCUT2D eigenvalue weighted by atomic mass is 10.3. The lowest BCUT2D eigenvalue weighted by Gasteiger charge is -2.08. The Hall–Kier alpha value is -0.890. The Morgan fingerprint density at radius 1 is 1.40 bits per heavy atom. The number of aromatic nitrogens is 1. The molecule has 0 bridgehead atoms. The van der Waals surface area contributed by atoms with Crippen LogP contribution in [0.2, 0.25) is 0 Å². The van der Waals surface area contributed by atoms with Crippen LogP contribution in [0.25, 0.3) is 0 Å². The van der Waals surface area contributed by atoms with Crippen molar-refractivity contribution in [2.24, 2.45) is 7.05 Å². The van der Waals surface area contributed by atoms with Gasteiger partial charge in [0.15, 0.2) is 0 Å². The molecule has 0 radical (unpaired) electrons. The topological polar surface area (TPSA) is 72.4 Å². The third-order valence-electron chi connectivity index (χ3n) is 2.90. The van der Waals surface area contributed by atoms with E-state index in [1.54, 1.807) is 19.4 Å². The zero-order chi connectivity index (χ0) is 15.2. The van der Waals surface area contributed by atoms with E-state index in [0.29, 0.717) is 37.1 Å². The molecular formula is C13H25N3O3S. The Bertz CT molecular complexity index is 509. The smallest absolute Gasteiger partial charge is 0.242 e. The second kappa shape index (κ2) is 7.78. The maximum atomic E-state index is 12.1. The normalized spacial score (nSPS) is 12.2. The van der Waals surface area contributed by atoms with Gasteiger partial charge in [0, 0.05) is 51.8 Å². The molecule has 116 valence electrons. The summed E-state index contributed by atoms with van der Waals surface area (Å²) in [4.78, 5) is 0.304. The number of hydrogen-bond acceptors (Lipinski definition) is 4. The average molecular weight is 303 g/mol. The van der Waals surface area contributed by atoms with Gasteiger partial charge in [-0.3, -0.25) is 0 Å². The third kappa shape index (κ3) is 5.24. The molecule has 6 nitrogen and oxygen atoms in total. The molecule has 1 aromatic rings. The second-order valence-electron chi connectivity index (χ2n) is 5.06. The number of nitrogens with zero attached hydrogens (tertiary/aromatic N) is 1. The standard InChI is InChI=1S/C13H25N3O3S/c1-11(2)14-9-12-8-13(10-16(12)3)20(17,18)15-6-5-7-19-4/h8,10-11,14-15H,5-7,9H2,1-4H3. The molecule has 0 aromatic carbocycles. The van der Waals surface area contributed by atoms with Crippen LogP contribution in [0.15, 0.2) is 17.2 Å².